The largest absolute Gasteiger partial charge is 0.369 e. The van der Waals surface area contributed by atoms with E-state index < -0.39 is 0 Å². The lowest BCUT2D eigenvalue weighted by atomic mass is 10.1. The van der Waals surface area contributed by atoms with Crippen LogP contribution in [-0.4, -0.2) is 15.3 Å². The second-order valence-corrected chi connectivity index (χ2v) is 5.54. The van der Waals surface area contributed by atoms with Crippen LogP contribution in [0, 0.1) is 0 Å². The minimum Gasteiger partial charge on any atom is -0.369 e. The normalized spacial score (nSPS) is 11.1. The van der Waals surface area contributed by atoms with Crippen LogP contribution in [0.1, 0.15) is 18.2 Å². The van der Waals surface area contributed by atoms with Gasteiger partial charge in [-0.3, -0.25) is 9.20 Å². The van der Waals surface area contributed by atoms with Crippen molar-refractivity contribution in [2.24, 2.45) is 5.73 Å². The molecule has 0 aliphatic heterocycles. The molecule has 0 bridgehead atoms. The number of imidazole rings is 1. The molecule has 1 amide bonds. The lowest BCUT2D eigenvalue weighted by molar-refractivity contribution is -0.117. The monoisotopic (exact) mass is 285 g/mol. The van der Waals surface area contributed by atoms with Crippen molar-refractivity contribution in [2.75, 3.05) is 0 Å². The fourth-order valence-corrected chi connectivity index (χ4v) is 3.06. The molecule has 102 valence electrons. The SMILES string of the molecule is CCc1ccc(-c2cn3c(CC(N)=O)csc3n2)cc1. The molecule has 2 heterocycles. The maximum atomic E-state index is 11.1. The van der Waals surface area contributed by atoms with Crippen LogP contribution >= 0.6 is 11.3 Å². The molecule has 0 fully saturated rings. The van der Waals surface area contributed by atoms with Gasteiger partial charge in [-0.05, 0) is 12.0 Å². The predicted octanol–water partition coefficient (Wildman–Crippen LogP) is 2.65. The minimum absolute atomic E-state index is 0.241. The maximum absolute atomic E-state index is 11.1. The zero-order chi connectivity index (χ0) is 14.1. The van der Waals surface area contributed by atoms with E-state index in [-0.39, 0.29) is 12.3 Å². The Balaban J connectivity index is 1.99. The van der Waals surface area contributed by atoms with Crippen molar-refractivity contribution in [1.29, 1.82) is 0 Å². The molecule has 2 aromatic heterocycles. The Morgan fingerprint density at radius 3 is 2.75 bits per heavy atom. The average Bonchev–Trinajstić information content (AvgIpc) is 3.01. The number of rotatable bonds is 4. The van der Waals surface area contributed by atoms with Crippen LogP contribution in [0.3, 0.4) is 0 Å². The van der Waals surface area contributed by atoms with Crippen molar-refractivity contribution in [1.82, 2.24) is 9.38 Å². The van der Waals surface area contributed by atoms with E-state index in [9.17, 15) is 4.79 Å². The van der Waals surface area contributed by atoms with Gasteiger partial charge in [0.05, 0.1) is 12.1 Å². The Bertz CT molecular complexity index is 755. The lowest BCUT2D eigenvalue weighted by Crippen LogP contribution is -2.14. The van der Waals surface area contributed by atoms with Crippen LogP contribution in [0.4, 0.5) is 0 Å². The number of hydrogen-bond donors (Lipinski definition) is 1. The fraction of sp³-hybridized carbons (Fsp3) is 0.200. The Labute approximate surface area is 120 Å². The van der Waals surface area contributed by atoms with E-state index in [1.54, 1.807) is 0 Å². The number of nitrogens with zero attached hydrogens (tertiary/aromatic N) is 2. The highest BCUT2D eigenvalue weighted by Gasteiger charge is 2.11. The van der Waals surface area contributed by atoms with E-state index in [0.29, 0.717) is 0 Å². The van der Waals surface area contributed by atoms with Gasteiger partial charge in [0.25, 0.3) is 0 Å². The molecule has 3 rings (SSSR count). The minimum atomic E-state index is -0.327. The summed E-state index contributed by atoms with van der Waals surface area (Å²) in [5.74, 6) is -0.327. The summed E-state index contributed by atoms with van der Waals surface area (Å²) < 4.78 is 1.94. The molecule has 20 heavy (non-hydrogen) atoms. The van der Waals surface area contributed by atoms with Crippen molar-refractivity contribution >= 4 is 22.2 Å². The first-order valence-corrected chi connectivity index (χ1v) is 7.38. The predicted molar refractivity (Wildman–Crippen MR) is 80.8 cm³/mol. The van der Waals surface area contributed by atoms with Crippen LogP contribution < -0.4 is 5.73 Å². The lowest BCUT2D eigenvalue weighted by Gasteiger charge is -1.99. The fourth-order valence-electron chi connectivity index (χ4n) is 2.19. The maximum Gasteiger partial charge on any atom is 0.223 e. The summed E-state index contributed by atoms with van der Waals surface area (Å²) in [4.78, 5) is 16.5. The smallest absolute Gasteiger partial charge is 0.223 e. The van der Waals surface area contributed by atoms with Crippen LogP contribution in [0.15, 0.2) is 35.8 Å². The third-order valence-corrected chi connectivity index (χ3v) is 4.19. The number of carbonyl (C=O) groups excluding carboxylic acids is 1. The highest BCUT2D eigenvalue weighted by molar-refractivity contribution is 7.15. The standard InChI is InChI=1S/C15H15N3OS/c1-2-10-3-5-11(6-4-10)13-8-18-12(7-14(16)19)9-20-15(18)17-13/h3-6,8-9H,2,7H2,1H3,(H2,16,19). The summed E-state index contributed by atoms with van der Waals surface area (Å²) in [7, 11) is 0. The van der Waals surface area contributed by atoms with E-state index >= 15 is 0 Å². The topological polar surface area (TPSA) is 60.4 Å². The number of carbonyl (C=O) groups is 1. The number of benzene rings is 1. The molecule has 0 aliphatic rings. The molecular weight excluding hydrogens is 270 g/mol. The average molecular weight is 285 g/mol. The van der Waals surface area contributed by atoms with Gasteiger partial charge in [-0.25, -0.2) is 4.98 Å². The molecule has 5 heteroatoms. The first-order valence-electron chi connectivity index (χ1n) is 6.50. The Kier molecular flexibility index (Phi) is 3.28. The molecule has 0 unspecified atom stereocenters. The number of hydrogen-bond acceptors (Lipinski definition) is 3. The number of fused-ring (bicyclic) bond motifs is 1. The second-order valence-electron chi connectivity index (χ2n) is 4.70. The van der Waals surface area contributed by atoms with Crippen LogP contribution in [0.5, 0.6) is 0 Å². The Morgan fingerprint density at radius 2 is 2.10 bits per heavy atom. The zero-order valence-corrected chi connectivity index (χ0v) is 12.0. The van der Waals surface area contributed by atoms with E-state index in [4.69, 9.17) is 5.73 Å². The van der Waals surface area contributed by atoms with Crippen molar-refractivity contribution in [3.63, 3.8) is 0 Å². The summed E-state index contributed by atoms with van der Waals surface area (Å²) >= 11 is 1.52. The van der Waals surface area contributed by atoms with Gasteiger partial charge in [-0.1, -0.05) is 31.2 Å². The van der Waals surface area contributed by atoms with Crippen molar-refractivity contribution in [3.05, 3.63) is 47.1 Å². The van der Waals surface area contributed by atoms with Crippen LogP contribution in [0.25, 0.3) is 16.2 Å². The third-order valence-electron chi connectivity index (χ3n) is 3.30. The molecule has 3 aromatic rings. The number of nitrogens with two attached hydrogens (primary N) is 1. The third kappa shape index (κ3) is 2.32. The first-order chi connectivity index (χ1) is 9.67. The van der Waals surface area contributed by atoms with Gasteiger partial charge in [0, 0.05) is 22.8 Å². The summed E-state index contributed by atoms with van der Waals surface area (Å²) in [6.45, 7) is 2.14. The van der Waals surface area contributed by atoms with Crippen LogP contribution in [0.2, 0.25) is 0 Å². The molecule has 0 radical (unpaired) electrons. The molecule has 0 saturated heterocycles. The molecule has 0 spiro atoms. The van der Waals surface area contributed by atoms with Crippen molar-refractivity contribution in [3.8, 4) is 11.3 Å². The molecule has 1 aromatic carbocycles. The first kappa shape index (κ1) is 12.9. The number of aromatic nitrogens is 2. The van der Waals surface area contributed by atoms with E-state index in [2.05, 4.69) is 36.2 Å². The van der Waals surface area contributed by atoms with E-state index in [1.807, 2.05) is 16.0 Å². The van der Waals surface area contributed by atoms with Gasteiger partial charge >= 0.3 is 0 Å². The molecule has 0 saturated carbocycles. The van der Waals surface area contributed by atoms with Gasteiger partial charge < -0.3 is 5.73 Å². The summed E-state index contributed by atoms with van der Waals surface area (Å²) in [6, 6.07) is 8.40. The van der Waals surface area contributed by atoms with E-state index in [0.717, 1.165) is 28.3 Å². The quantitative estimate of drug-likeness (QED) is 0.801. The number of amides is 1. The Hall–Kier alpha value is -2.14. The van der Waals surface area contributed by atoms with Gasteiger partial charge in [-0.15, -0.1) is 11.3 Å². The summed E-state index contributed by atoms with van der Waals surface area (Å²) in [5, 5.41) is 1.93. The number of aryl methyl sites for hydroxylation is 1. The van der Waals surface area contributed by atoms with Crippen LogP contribution in [-0.2, 0) is 17.6 Å². The van der Waals surface area contributed by atoms with E-state index in [1.165, 1.54) is 16.9 Å². The van der Waals surface area contributed by atoms with Gasteiger partial charge in [0.15, 0.2) is 4.96 Å². The number of thiazole rings is 1. The van der Waals surface area contributed by atoms with Gasteiger partial charge in [0.1, 0.15) is 0 Å². The van der Waals surface area contributed by atoms with Crippen molar-refractivity contribution in [2.45, 2.75) is 19.8 Å². The highest BCUT2D eigenvalue weighted by Crippen LogP contribution is 2.24. The zero-order valence-electron chi connectivity index (χ0n) is 11.2. The Morgan fingerprint density at radius 1 is 1.35 bits per heavy atom. The highest BCUT2D eigenvalue weighted by atomic mass is 32.1. The van der Waals surface area contributed by atoms with Gasteiger partial charge in [0.2, 0.25) is 5.91 Å². The molecule has 4 nitrogen and oxygen atoms in total. The summed E-state index contributed by atoms with van der Waals surface area (Å²) in [5.41, 5.74) is 9.46. The molecular formula is C15H15N3OS. The van der Waals surface area contributed by atoms with Crippen molar-refractivity contribution < 1.29 is 4.79 Å². The molecule has 2 N–H and O–H groups in total. The summed E-state index contributed by atoms with van der Waals surface area (Å²) in [6.07, 6.45) is 3.23. The second kappa shape index (κ2) is 5.09. The number of primary amides is 1. The van der Waals surface area contributed by atoms with Gasteiger partial charge in [-0.2, -0.15) is 0 Å². The molecule has 0 aliphatic carbocycles. The molecule has 0 atom stereocenters.